The summed E-state index contributed by atoms with van der Waals surface area (Å²) in [6.07, 6.45) is 1.69. The smallest absolute Gasteiger partial charge is 0.287 e. The van der Waals surface area contributed by atoms with Gasteiger partial charge in [-0.1, -0.05) is 13.8 Å². The minimum atomic E-state index is -0.372. The molecule has 0 rings (SSSR count). The van der Waals surface area contributed by atoms with Gasteiger partial charge in [0.1, 0.15) is 0 Å². The highest BCUT2D eigenvalue weighted by atomic mass is 32.2. The summed E-state index contributed by atoms with van der Waals surface area (Å²) in [7, 11) is 0. The lowest BCUT2D eigenvalue weighted by Crippen LogP contribution is -2.19. The molecule has 0 saturated carbocycles. The number of thioether (sulfide) groups is 1. The van der Waals surface area contributed by atoms with E-state index in [2.05, 4.69) is 13.8 Å². The second-order valence-electron chi connectivity index (χ2n) is 2.76. The van der Waals surface area contributed by atoms with Crippen LogP contribution in [0.15, 0.2) is 0 Å². The third-order valence-electron chi connectivity index (χ3n) is 0.811. The predicted molar refractivity (Wildman–Crippen MR) is 43.5 cm³/mol. The number of nitrogens with zero attached hydrogens (tertiary/aromatic N) is 1. The fourth-order valence-corrected chi connectivity index (χ4v) is 1.92. The van der Waals surface area contributed by atoms with Gasteiger partial charge >= 0.3 is 0 Å². The second kappa shape index (κ2) is 3.72. The van der Waals surface area contributed by atoms with Crippen molar-refractivity contribution in [3.63, 3.8) is 0 Å². The van der Waals surface area contributed by atoms with Gasteiger partial charge in [-0.05, 0) is 13.8 Å². The van der Waals surface area contributed by atoms with E-state index in [0.717, 1.165) is 0 Å². The molecule has 0 unspecified atom stereocenters. The fraction of sp³-hybridized carbons (Fsp3) is 0.857. The van der Waals surface area contributed by atoms with Gasteiger partial charge in [-0.3, -0.25) is 0 Å². The van der Waals surface area contributed by atoms with E-state index >= 15 is 0 Å². The Labute approximate surface area is 66.6 Å². The third-order valence-corrected chi connectivity index (χ3v) is 1.93. The van der Waals surface area contributed by atoms with Crippen molar-refractivity contribution in [2.75, 3.05) is 0 Å². The minimum absolute atomic E-state index is 0.372. The monoisotopic (exact) mass is 159 g/mol. The van der Waals surface area contributed by atoms with Crippen LogP contribution in [-0.4, -0.2) is 10.2 Å². The van der Waals surface area contributed by atoms with Gasteiger partial charge in [0.25, 0.3) is 6.26 Å². The van der Waals surface area contributed by atoms with E-state index in [4.69, 9.17) is 10.00 Å². The molecular formula is C7H13NOS. The minimum Gasteiger partial charge on any atom is -0.410 e. The van der Waals surface area contributed by atoms with Crippen molar-refractivity contribution in [2.45, 2.75) is 37.9 Å². The van der Waals surface area contributed by atoms with Gasteiger partial charge in [0.2, 0.25) is 0 Å². The van der Waals surface area contributed by atoms with E-state index in [-0.39, 0.29) is 4.93 Å². The first-order chi connectivity index (χ1) is 4.48. The summed E-state index contributed by atoms with van der Waals surface area (Å²) in [5.41, 5.74) is 0. The summed E-state index contributed by atoms with van der Waals surface area (Å²) < 4.78 is 4.81. The van der Waals surface area contributed by atoms with E-state index < -0.39 is 0 Å². The van der Waals surface area contributed by atoms with Gasteiger partial charge in [-0.25, -0.2) is 0 Å². The normalized spacial score (nSPS) is 11.2. The van der Waals surface area contributed by atoms with Crippen molar-refractivity contribution in [3.8, 4) is 6.26 Å². The third kappa shape index (κ3) is 4.51. The maximum atomic E-state index is 8.23. The van der Waals surface area contributed by atoms with E-state index in [1.165, 1.54) is 0 Å². The highest BCUT2D eigenvalue weighted by Crippen LogP contribution is 2.28. The van der Waals surface area contributed by atoms with Crippen LogP contribution in [0.25, 0.3) is 0 Å². The zero-order chi connectivity index (χ0) is 8.20. The average molecular weight is 159 g/mol. The molecule has 0 spiro atoms. The first-order valence-corrected chi connectivity index (χ1v) is 4.11. The summed E-state index contributed by atoms with van der Waals surface area (Å²) in [5.74, 6) is 0. The molecule has 0 atom stereocenters. The molecule has 0 saturated heterocycles. The first-order valence-electron chi connectivity index (χ1n) is 3.23. The summed E-state index contributed by atoms with van der Waals surface area (Å²) in [5, 5.41) is 8.72. The van der Waals surface area contributed by atoms with Crippen LogP contribution in [0.4, 0.5) is 0 Å². The van der Waals surface area contributed by atoms with Gasteiger partial charge in [-0.15, -0.1) is 11.8 Å². The van der Waals surface area contributed by atoms with Gasteiger partial charge in [-0.2, -0.15) is 5.26 Å². The molecule has 3 heteroatoms. The Hall–Kier alpha value is -0.360. The van der Waals surface area contributed by atoms with E-state index in [1.54, 1.807) is 18.0 Å². The molecule has 0 aromatic carbocycles. The molecule has 0 aromatic heterocycles. The molecule has 0 fully saturated rings. The number of hydrogen-bond donors (Lipinski definition) is 0. The topological polar surface area (TPSA) is 33.0 Å². The van der Waals surface area contributed by atoms with Crippen LogP contribution < -0.4 is 0 Å². The Morgan fingerprint density at radius 3 is 2.30 bits per heavy atom. The van der Waals surface area contributed by atoms with Gasteiger partial charge in [0.15, 0.2) is 4.93 Å². The second-order valence-corrected chi connectivity index (χ2v) is 4.92. The van der Waals surface area contributed by atoms with Crippen LogP contribution in [0.3, 0.4) is 0 Å². The summed E-state index contributed by atoms with van der Waals surface area (Å²) in [6.45, 7) is 7.93. The van der Waals surface area contributed by atoms with Crippen molar-refractivity contribution >= 4 is 11.8 Å². The van der Waals surface area contributed by atoms with Crippen molar-refractivity contribution in [2.24, 2.45) is 0 Å². The molecule has 0 aliphatic heterocycles. The Morgan fingerprint density at radius 1 is 1.50 bits per heavy atom. The van der Waals surface area contributed by atoms with Crippen LogP contribution in [0, 0.1) is 11.5 Å². The maximum absolute atomic E-state index is 8.23. The average Bonchev–Trinajstić information content (AvgIpc) is 1.59. The van der Waals surface area contributed by atoms with Crippen molar-refractivity contribution in [1.82, 2.24) is 0 Å². The number of ether oxygens (including phenoxy) is 1. The SMILES string of the molecule is CC(C)SC(C)(C)OC#N. The maximum Gasteiger partial charge on any atom is 0.287 e. The largest absolute Gasteiger partial charge is 0.410 e. The van der Waals surface area contributed by atoms with Crippen LogP contribution in [0.1, 0.15) is 27.7 Å². The standard InChI is InChI=1S/C7H13NOS/c1-6(2)10-7(3,4)9-5-8/h6H,1-4H3. The Kier molecular flexibility index (Phi) is 3.59. The molecule has 0 aliphatic rings. The predicted octanol–water partition coefficient (Wildman–Crippen LogP) is 2.36. The molecule has 0 N–H and O–H groups in total. The van der Waals surface area contributed by atoms with Gasteiger partial charge in [0, 0.05) is 5.25 Å². The molecule has 10 heavy (non-hydrogen) atoms. The number of rotatable bonds is 3. The van der Waals surface area contributed by atoms with Crippen LogP contribution >= 0.6 is 11.8 Å². The van der Waals surface area contributed by atoms with Crippen molar-refractivity contribution < 1.29 is 4.74 Å². The summed E-state index contributed by atoms with van der Waals surface area (Å²) in [4.78, 5) is -0.372. The molecule has 0 aromatic rings. The molecule has 2 nitrogen and oxygen atoms in total. The Morgan fingerprint density at radius 2 is 2.00 bits per heavy atom. The molecule has 0 amide bonds. The molecule has 0 aliphatic carbocycles. The van der Waals surface area contributed by atoms with E-state index in [1.807, 2.05) is 13.8 Å². The highest BCUT2D eigenvalue weighted by Gasteiger charge is 2.20. The van der Waals surface area contributed by atoms with E-state index in [9.17, 15) is 0 Å². The number of nitriles is 1. The van der Waals surface area contributed by atoms with Gasteiger partial charge < -0.3 is 4.74 Å². The Bertz CT molecular complexity index is 137. The van der Waals surface area contributed by atoms with Crippen molar-refractivity contribution in [3.05, 3.63) is 0 Å². The van der Waals surface area contributed by atoms with Crippen LogP contribution in [0.2, 0.25) is 0 Å². The highest BCUT2D eigenvalue weighted by molar-refractivity contribution is 8.01. The quantitative estimate of drug-likeness (QED) is 0.468. The lowest BCUT2D eigenvalue weighted by atomic mass is 10.5. The summed E-state index contributed by atoms with van der Waals surface area (Å²) in [6, 6.07) is 0. The van der Waals surface area contributed by atoms with Gasteiger partial charge in [0.05, 0.1) is 0 Å². The first kappa shape index (κ1) is 9.64. The van der Waals surface area contributed by atoms with Crippen molar-refractivity contribution in [1.29, 1.82) is 5.26 Å². The lowest BCUT2D eigenvalue weighted by Gasteiger charge is -2.22. The van der Waals surface area contributed by atoms with Crippen LogP contribution in [0.5, 0.6) is 0 Å². The molecular weight excluding hydrogens is 146 g/mol. The fourth-order valence-electron chi connectivity index (χ4n) is 0.702. The molecule has 0 heterocycles. The van der Waals surface area contributed by atoms with E-state index in [0.29, 0.717) is 5.25 Å². The zero-order valence-electron chi connectivity index (χ0n) is 6.84. The Balaban J connectivity index is 3.77. The molecule has 0 radical (unpaired) electrons. The molecule has 0 bridgehead atoms. The number of hydrogen-bond acceptors (Lipinski definition) is 3. The summed E-state index contributed by atoms with van der Waals surface area (Å²) >= 11 is 1.64. The lowest BCUT2D eigenvalue weighted by molar-refractivity contribution is 0.164. The van der Waals surface area contributed by atoms with Crippen LogP contribution in [-0.2, 0) is 4.74 Å². The zero-order valence-corrected chi connectivity index (χ0v) is 7.66. The molecule has 58 valence electrons.